The Balaban J connectivity index is 0.000000234. The smallest absolute Gasteiger partial charge is 0.204 e. The monoisotopic (exact) mass is 501 g/mol. The number of pyridine rings is 1. The van der Waals surface area contributed by atoms with Crippen LogP contribution in [0.2, 0.25) is 5.15 Å². The van der Waals surface area contributed by atoms with Crippen LogP contribution in [0, 0.1) is 23.4 Å². The van der Waals surface area contributed by atoms with E-state index in [0.717, 1.165) is 25.9 Å². The molecule has 0 amide bonds. The number of nitrogens with one attached hydrogen (secondary N) is 1. The molecule has 1 aromatic carbocycles. The number of aromatic nitrogens is 8. The van der Waals surface area contributed by atoms with Crippen molar-refractivity contribution in [2.24, 2.45) is 5.92 Å². The van der Waals surface area contributed by atoms with E-state index < -0.39 is 17.5 Å². The lowest BCUT2D eigenvalue weighted by molar-refractivity contribution is 0.438. The summed E-state index contributed by atoms with van der Waals surface area (Å²) in [7, 11) is 0. The van der Waals surface area contributed by atoms with Crippen LogP contribution >= 0.6 is 11.6 Å². The molecule has 1 fully saturated rings. The van der Waals surface area contributed by atoms with Crippen LogP contribution in [0.4, 0.5) is 18.9 Å². The largest absolute Gasteiger partial charge is 0.371 e. The maximum atomic E-state index is 14.5. The van der Waals surface area contributed by atoms with Crippen molar-refractivity contribution in [1.29, 1.82) is 0 Å². The Kier molecular flexibility index (Phi) is 6.20. The van der Waals surface area contributed by atoms with Crippen molar-refractivity contribution in [3.8, 4) is 11.1 Å². The van der Waals surface area contributed by atoms with Gasteiger partial charge in [-0.25, -0.2) is 32.6 Å². The molecule has 5 heterocycles. The third-order valence-corrected chi connectivity index (χ3v) is 6.22. The molecule has 0 spiro atoms. The Morgan fingerprint density at radius 2 is 1.71 bits per heavy atom. The summed E-state index contributed by atoms with van der Waals surface area (Å²) in [6, 6.07) is 3.02. The van der Waals surface area contributed by atoms with Crippen LogP contribution in [0.15, 0.2) is 37.1 Å². The predicted octanol–water partition coefficient (Wildman–Crippen LogP) is 4.45. The first-order valence-electron chi connectivity index (χ1n) is 10.8. The first-order valence-corrected chi connectivity index (χ1v) is 11.2. The third-order valence-electron chi connectivity index (χ3n) is 5.87. The lowest BCUT2D eigenvalue weighted by Crippen LogP contribution is -2.33. The fraction of sp³-hybridized carbons (Fsp3) is 0.273. The Bertz CT molecular complexity index is 1440. The first-order chi connectivity index (χ1) is 16.9. The molecule has 5 aromatic rings. The molecule has 1 aliphatic rings. The summed E-state index contributed by atoms with van der Waals surface area (Å²) in [4.78, 5) is 13.8. The highest BCUT2D eigenvalue weighted by Gasteiger charge is 2.27. The molecule has 1 aliphatic heterocycles. The van der Waals surface area contributed by atoms with Crippen molar-refractivity contribution < 1.29 is 13.2 Å². The molecular formula is C22H19ClF3N9. The van der Waals surface area contributed by atoms with E-state index in [1.165, 1.54) is 17.2 Å². The maximum Gasteiger partial charge on any atom is 0.204 e. The van der Waals surface area contributed by atoms with Gasteiger partial charge >= 0.3 is 0 Å². The van der Waals surface area contributed by atoms with E-state index in [1.807, 2.05) is 4.90 Å². The molecule has 1 saturated heterocycles. The average Bonchev–Trinajstić information content (AvgIpc) is 3.50. The predicted molar refractivity (Wildman–Crippen MR) is 123 cm³/mol. The number of aromatic amines is 1. The van der Waals surface area contributed by atoms with Gasteiger partial charge in [-0.2, -0.15) is 15.4 Å². The number of hydrogen-bond acceptors (Lipinski definition) is 7. The molecule has 6 rings (SSSR count). The normalized spacial score (nSPS) is 14.4. The van der Waals surface area contributed by atoms with Crippen LogP contribution in [0.3, 0.4) is 0 Å². The number of anilines is 1. The average molecular weight is 502 g/mol. The van der Waals surface area contributed by atoms with Crippen molar-refractivity contribution >= 4 is 34.1 Å². The molecular weight excluding hydrogens is 483 g/mol. The molecule has 35 heavy (non-hydrogen) atoms. The fourth-order valence-corrected chi connectivity index (χ4v) is 4.35. The summed E-state index contributed by atoms with van der Waals surface area (Å²) in [5.41, 5.74) is 2.15. The number of piperidine rings is 1. The molecule has 1 N–H and O–H groups in total. The fourth-order valence-electron chi connectivity index (χ4n) is 4.02. The zero-order valence-corrected chi connectivity index (χ0v) is 19.2. The molecule has 0 unspecified atom stereocenters. The van der Waals surface area contributed by atoms with Gasteiger partial charge in [0.2, 0.25) is 5.65 Å². The van der Waals surface area contributed by atoms with Crippen LogP contribution in [-0.4, -0.2) is 53.1 Å². The molecule has 180 valence electrons. The van der Waals surface area contributed by atoms with Gasteiger partial charge < -0.3 is 4.90 Å². The van der Waals surface area contributed by atoms with Gasteiger partial charge in [-0.1, -0.05) is 18.5 Å². The lowest BCUT2D eigenvalue weighted by atomic mass is 9.97. The van der Waals surface area contributed by atoms with E-state index in [0.29, 0.717) is 40.5 Å². The number of benzene rings is 1. The summed E-state index contributed by atoms with van der Waals surface area (Å²) in [6.07, 6.45) is 6.29. The van der Waals surface area contributed by atoms with Gasteiger partial charge in [0, 0.05) is 36.9 Å². The van der Waals surface area contributed by atoms with Gasteiger partial charge in [-0.05, 0) is 18.8 Å². The number of hydrogen-bond donors (Lipinski definition) is 1. The van der Waals surface area contributed by atoms with Gasteiger partial charge in [0.15, 0.2) is 5.65 Å². The first kappa shape index (κ1) is 23.0. The van der Waals surface area contributed by atoms with Crippen molar-refractivity contribution in [3.63, 3.8) is 0 Å². The topological polar surface area (TPSA) is 101 Å². The van der Waals surface area contributed by atoms with Crippen molar-refractivity contribution in [1.82, 2.24) is 40.0 Å². The van der Waals surface area contributed by atoms with E-state index in [9.17, 15) is 13.2 Å². The molecule has 13 heteroatoms. The summed E-state index contributed by atoms with van der Waals surface area (Å²) in [6.45, 7) is 3.64. The van der Waals surface area contributed by atoms with Crippen LogP contribution in [-0.2, 0) is 0 Å². The zero-order valence-electron chi connectivity index (χ0n) is 18.5. The van der Waals surface area contributed by atoms with Crippen molar-refractivity contribution in [2.45, 2.75) is 19.8 Å². The Morgan fingerprint density at radius 1 is 0.971 bits per heavy atom. The molecule has 0 saturated carbocycles. The Labute approximate surface area is 202 Å². The van der Waals surface area contributed by atoms with Crippen LogP contribution in [0.1, 0.15) is 19.8 Å². The Hall–Kier alpha value is -3.80. The summed E-state index contributed by atoms with van der Waals surface area (Å²) >= 11 is 6.46. The molecule has 0 radical (unpaired) electrons. The second kappa shape index (κ2) is 9.45. The van der Waals surface area contributed by atoms with E-state index >= 15 is 0 Å². The summed E-state index contributed by atoms with van der Waals surface area (Å²) in [5.74, 6) is -2.40. The highest BCUT2D eigenvalue weighted by Crippen LogP contribution is 2.41. The quantitative estimate of drug-likeness (QED) is 0.356. The lowest BCUT2D eigenvalue weighted by Gasteiger charge is -2.34. The van der Waals surface area contributed by atoms with Gasteiger partial charge in [0.1, 0.15) is 40.8 Å². The van der Waals surface area contributed by atoms with Crippen molar-refractivity contribution in [2.75, 3.05) is 18.0 Å². The van der Waals surface area contributed by atoms with Crippen LogP contribution < -0.4 is 4.90 Å². The van der Waals surface area contributed by atoms with Crippen LogP contribution in [0.5, 0.6) is 0 Å². The second-order valence-corrected chi connectivity index (χ2v) is 8.55. The number of nitrogens with zero attached hydrogens (tertiary/aromatic N) is 8. The summed E-state index contributed by atoms with van der Waals surface area (Å²) < 4.78 is 43.7. The zero-order chi connectivity index (χ0) is 24.5. The SMILES string of the molecule is CC1CCN(c2cc3ncnn3c(Cl)c2-c2c(F)cc(F)cc2F)CC1.c1ncc2n[nH]nc2n1. The number of rotatable bonds is 2. The number of fused-ring (bicyclic) bond motifs is 2. The van der Waals surface area contributed by atoms with Gasteiger partial charge in [-0.15, -0.1) is 5.10 Å². The highest BCUT2D eigenvalue weighted by molar-refractivity contribution is 6.33. The second-order valence-electron chi connectivity index (χ2n) is 8.19. The molecule has 0 bridgehead atoms. The maximum absolute atomic E-state index is 14.5. The van der Waals surface area contributed by atoms with Crippen LogP contribution in [0.25, 0.3) is 27.9 Å². The minimum absolute atomic E-state index is 0.0398. The van der Waals surface area contributed by atoms with Gasteiger partial charge in [-0.3, -0.25) is 0 Å². The van der Waals surface area contributed by atoms with E-state index in [2.05, 4.69) is 42.4 Å². The van der Waals surface area contributed by atoms with E-state index in [-0.39, 0.29) is 16.3 Å². The van der Waals surface area contributed by atoms with Gasteiger partial charge in [0.25, 0.3) is 0 Å². The molecule has 9 nitrogen and oxygen atoms in total. The molecule has 4 aromatic heterocycles. The third kappa shape index (κ3) is 4.48. The molecule has 0 aliphatic carbocycles. The minimum atomic E-state index is -1.00. The summed E-state index contributed by atoms with van der Waals surface area (Å²) in [5, 5.41) is 14.0. The van der Waals surface area contributed by atoms with E-state index in [1.54, 1.807) is 12.3 Å². The number of halogens is 4. The Morgan fingerprint density at radius 3 is 2.43 bits per heavy atom. The minimum Gasteiger partial charge on any atom is -0.371 e. The van der Waals surface area contributed by atoms with Gasteiger partial charge in [0.05, 0.1) is 17.4 Å². The molecule has 0 atom stereocenters. The highest BCUT2D eigenvalue weighted by atomic mass is 35.5. The van der Waals surface area contributed by atoms with Crippen molar-refractivity contribution in [3.05, 3.63) is 59.7 Å². The van der Waals surface area contributed by atoms with E-state index in [4.69, 9.17) is 11.6 Å². The number of H-pyrrole nitrogens is 1. The standard InChI is InChI=1S/C18H16ClF3N4.C4H3N5/c1-10-2-4-25(5-3-10)14-8-15-23-9-24-26(15)18(19)17(14)16-12(21)6-11(20)7-13(16)22;1-3-4(6-2-5-1)8-9-7-3/h6-10H,2-5H2,1H3;1-2H,(H,5,6,7,8,9).